The molecule has 1 rings (SSSR count). The van der Waals surface area contributed by atoms with E-state index in [4.69, 9.17) is 5.73 Å². The van der Waals surface area contributed by atoms with Gasteiger partial charge < -0.3 is 11.1 Å². The summed E-state index contributed by atoms with van der Waals surface area (Å²) in [6.07, 6.45) is 1.68. The molecule has 78 valence electrons. The van der Waals surface area contributed by atoms with E-state index in [0.29, 0.717) is 12.2 Å². The van der Waals surface area contributed by atoms with Crippen molar-refractivity contribution in [3.63, 3.8) is 0 Å². The number of aryl methyl sites for hydroxylation is 1. The number of hydrogen-bond donors (Lipinski definition) is 2. The maximum Gasteiger partial charge on any atom is 0.244 e. The molecule has 5 nitrogen and oxygen atoms in total. The minimum Gasteiger partial charge on any atom is -0.396 e. The minimum atomic E-state index is -0.314. The molecule has 0 fully saturated rings. The summed E-state index contributed by atoms with van der Waals surface area (Å²) < 4.78 is 1.58. The lowest BCUT2D eigenvalue weighted by Gasteiger charge is -2.10. The Morgan fingerprint density at radius 3 is 2.86 bits per heavy atom. The predicted molar refractivity (Wildman–Crippen MR) is 54.8 cm³/mol. The Morgan fingerprint density at radius 1 is 1.79 bits per heavy atom. The number of likely N-dealkylation sites (N-methyl/N-ethyl adjacent to an activating group) is 1. The van der Waals surface area contributed by atoms with Gasteiger partial charge in [0, 0.05) is 12.7 Å². The SMILES string of the molecule is CCNC(=O)C(C)n1cc(N)c(C)n1. The summed E-state index contributed by atoms with van der Waals surface area (Å²) in [5.74, 6) is -0.0463. The number of carbonyl (C=O) groups is 1. The first-order valence-corrected chi connectivity index (χ1v) is 4.65. The first-order valence-electron chi connectivity index (χ1n) is 4.65. The van der Waals surface area contributed by atoms with Crippen molar-refractivity contribution < 1.29 is 4.79 Å². The second kappa shape index (κ2) is 4.13. The largest absolute Gasteiger partial charge is 0.396 e. The van der Waals surface area contributed by atoms with Crippen molar-refractivity contribution in [1.29, 1.82) is 0 Å². The number of rotatable bonds is 3. The number of anilines is 1. The molecule has 0 aliphatic carbocycles. The summed E-state index contributed by atoms with van der Waals surface area (Å²) in [5.41, 5.74) is 7.00. The smallest absolute Gasteiger partial charge is 0.244 e. The number of nitrogen functional groups attached to an aromatic ring is 1. The molecule has 1 amide bonds. The fourth-order valence-electron chi connectivity index (χ4n) is 1.14. The van der Waals surface area contributed by atoms with Crippen LogP contribution in [0.25, 0.3) is 0 Å². The lowest BCUT2D eigenvalue weighted by Crippen LogP contribution is -2.30. The third-order valence-electron chi connectivity index (χ3n) is 2.08. The molecule has 14 heavy (non-hydrogen) atoms. The number of nitrogens with two attached hydrogens (primary N) is 1. The van der Waals surface area contributed by atoms with Crippen LogP contribution in [0.2, 0.25) is 0 Å². The van der Waals surface area contributed by atoms with Crippen LogP contribution >= 0.6 is 0 Å². The fraction of sp³-hybridized carbons (Fsp3) is 0.556. The molecule has 0 saturated carbocycles. The van der Waals surface area contributed by atoms with Crippen molar-refractivity contribution in [2.45, 2.75) is 26.8 Å². The highest BCUT2D eigenvalue weighted by molar-refractivity contribution is 5.79. The summed E-state index contributed by atoms with van der Waals surface area (Å²) in [6, 6.07) is -0.314. The molecule has 1 heterocycles. The van der Waals surface area contributed by atoms with Gasteiger partial charge in [0.15, 0.2) is 0 Å². The topological polar surface area (TPSA) is 72.9 Å². The quantitative estimate of drug-likeness (QED) is 0.738. The number of nitrogens with one attached hydrogen (secondary N) is 1. The normalized spacial score (nSPS) is 12.5. The lowest BCUT2D eigenvalue weighted by molar-refractivity contribution is -0.124. The summed E-state index contributed by atoms with van der Waals surface area (Å²) >= 11 is 0. The van der Waals surface area contributed by atoms with Gasteiger partial charge in [0.05, 0.1) is 11.4 Å². The molecule has 0 aliphatic rings. The summed E-state index contributed by atoms with van der Waals surface area (Å²) in [6.45, 7) is 6.11. The molecular formula is C9H16N4O. The van der Waals surface area contributed by atoms with Gasteiger partial charge in [-0.25, -0.2) is 0 Å². The Hall–Kier alpha value is -1.52. The molecule has 0 aromatic carbocycles. The average molecular weight is 196 g/mol. The monoisotopic (exact) mass is 196 g/mol. The third-order valence-corrected chi connectivity index (χ3v) is 2.08. The molecule has 1 unspecified atom stereocenters. The molecule has 3 N–H and O–H groups in total. The Kier molecular flexibility index (Phi) is 3.11. The zero-order chi connectivity index (χ0) is 10.7. The molecule has 1 atom stereocenters. The molecule has 5 heteroatoms. The van der Waals surface area contributed by atoms with Gasteiger partial charge in [0.25, 0.3) is 0 Å². The van der Waals surface area contributed by atoms with E-state index in [1.54, 1.807) is 17.8 Å². The van der Waals surface area contributed by atoms with E-state index in [-0.39, 0.29) is 11.9 Å². The van der Waals surface area contributed by atoms with Crippen molar-refractivity contribution in [3.05, 3.63) is 11.9 Å². The van der Waals surface area contributed by atoms with Crippen molar-refractivity contribution in [2.24, 2.45) is 0 Å². The van der Waals surface area contributed by atoms with Gasteiger partial charge in [-0.05, 0) is 20.8 Å². The highest BCUT2D eigenvalue weighted by Gasteiger charge is 2.15. The van der Waals surface area contributed by atoms with Crippen LogP contribution in [0.3, 0.4) is 0 Å². The van der Waals surface area contributed by atoms with Gasteiger partial charge in [-0.2, -0.15) is 5.10 Å². The molecule has 1 aromatic heterocycles. The van der Waals surface area contributed by atoms with Crippen LogP contribution < -0.4 is 11.1 Å². The maximum atomic E-state index is 11.5. The van der Waals surface area contributed by atoms with E-state index in [1.165, 1.54) is 0 Å². The fourth-order valence-corrected chi connectivity index (χ4v) is 1.14. The third kappa shape index (κ3) is 2.04. The van der Waals surface area contributed by atoms with Crippen LogP contribution in [0.5, 0.6) is 0 Å². The van der Waals surface area contributed by atoms with Gasteiger partial charge in [-0.3, -0.25) is 9.48 Å². The molecule has 0 spiro atoms. The zero-order valence-electron chi connectivity index (χ0n) is 8.74. The van der Waals surface area contributed by atoms with E-state index in [1.807, 2.05) is 13.8 Å². The highest BCUT2D eigenvalue weighted by atomic mass is 16.2. The summed E-state index contributed by atoms with van der Waals surface area (Å²) in [5, 5.41) is 6.88. The molecule has 0 saturated heterocycles. The molecule has 0 bridgehead atoms. The summed E-state index contributed by atoms with van der Waals surface area (Å²) in [4.78, 5) is 11.5. The highest BCUT2D eigenvalue weighted by Crippen LogP contribution is 2.12. The van der Waals surface area contributed by atoms with Crippen molar-refractivity contribution in [2.75, 3.05) is 12.3 Å². The Morgan fingerprint density at radius 2 is 2.43 bits per heavy atom. The standard InChI is InChI=1S/C9H16N4O/c1-4-11-9(14)7(3)13-5-8(10)6(2)12-13/h5,7H,4,10H2,1-3H3,(H,11,14). The van der Waals surface area contributed by atoms with Crippen LogP contribution in [0, 0.1) is 6.92 Å². The van der Waals surface area contributed by atoms with E-state index < -0.39 is 0 Å². The van der Waals surface area contributed by atoms with Crippen molar-refractivity contribution in [1.82, 2.24) is 15.1 Å². The second-order valence-corrected chi connectivity index (χ2v) is 3.22. The number of carbonyl (C=O) groups excluding carboxylic acids is 1. The molecule has 0 aliphatic heterocycles. The number of aromatic nitrogens is 2. The first-order chi connectivity index (χ1) is 6.56. The van der Waals surface area contributed by atoms with Gasteiger partial charge in [-0.15, -0.1) is 0 Å². The number of nitrogens with zero attached hydrogens (tertiary/aromatic N) is 2. The van der Waals surface area contributed by atoms with Crippen LogP contribution in [0.1, 0.15) is 25.6 Å². The van der Waals surface area contributed by atoms with Crippen molar-refractivity contribution in [3.8, 4) is 0 Å². The Labute approximate surface area is 83.3 Å². The van der Waals surface area contributed by atoms with Gasteiger partial charge in [-0.1, -0.05) is 0 Å². The van der Waals surface area contributed by atoms with Crippen LogP contribution in [-0.4, -0.2) is 22.2 Å². The predicted octanol–water partition coefficient (Wildman–Crippen LogP) is 0.471. The van der Waals surface area contributed by atoms with Crippen LogP contribution in [-0.2, 0) is 4.79 Å². The molecule has 1 aromatic rings. The minimum absolute atomic E-state index is 0.0463. The van der Waals surface area contributed by atoms with E-state index in [9.17, 15) is 4.79 Å². The van der Waals surface area contributed by atoms with Gasteiger partial charge in [0.1, 0.15) is 6.04 Å². The van der Waals surface area contributed by atoms with E-state index >= 15 is 0 Å². The first kappa shape index (κ1) is 10.6. The number of hydrogen-bond acceptors (Lipinski definition) is 3. The maximum absolute atomic E-state index is 11.5. The van der Waals surface area contributed by atoms with Gasteiger partial charge in [0.2, 0.25) is 5.91 Å². The Bertz CT molecular complexity index is 312. The average Bonchev–Trinajstić information content (AvgIpc) is 2.46. The van der Waals surface area contributed by atoms with Crippen molar-refractivity contribution >= 4 is 11.6 Å². The zero-order valence-corrected chi connectivity index (χ0v) is 8.74. The van der Waals surface area contributed by atoms with E-state index in [2.05, 4.69) is 10.4 Å². The van der Waals surface area contributed by atoms with E-state index in [0.717, 1.165) is 5.69 Å². The molecule has 0 radical (unpaired) electrons. The van der Waals surface area contributed by atoms with Gasteiger partial charge >= 0.3 is 0 Å². The second-order valence-electron chi connectivity index (χ2n) is 3.22. The Balaban J connectivity index is 2.78. The van der Waals surface area contributed by atoms with Crippen LogP contribution in [0.15, 0.2) is 6.20 Å². The van der Waals surface area contributed by atoms with Crippen LogP contribution in [0.4, 0.5) is 5.69 Å². The lowest BCUT2D eigenvalue weighted by atomic mass is 10.3. The number of amides is 1. The molecular weight excluding hydrogens is 180 g/mol. The summed E-state index contributed by atoms with van der Waals surface area (Å²) in [7, 11) is 0.